The highest BCUT2D eigenvalue weighted by atomic mass is 32.2. The van der Waals surface area contributed by atoms with Crippen molar-refractivity contribution in [1.82, 2.24) is 4.90 Å². The minimum Gasteiger partial charge on any atom is -0.342 e. The Bertz CT molecular complexity index is 892. The van der Waals surface area contributed by atoms with Gasteiger partial charge >= 0.3 is 0 Å². The molecule has 1 amide bonds. The molecule has 0 aliphatic carbocycles. The quantitative estimate of drug-likeness (QED) is 0.782. The fourth-order valence-corrected chi connectivity index (χ4v) is 4.67. The van der Waals surface area contributed by atoms with E-state index in [0.717, 1.165) is 24.1 Å². The van der Waals surface area contributed by atoms with Gasteiger partial charge in [-0.15, -0.1) is 0 Å². The second kappa shape index (κ2) is 7.50. The Balaban J connectivity index is 1.81. The topological polar surface area (TPSA) is 57.7 Å². The van der Waals surface area contributed by atoms with Crippen LogP contribution in [0, 0.1) is 0 Å². The fraction of sp³-hybridized carbons (Fsp3) is 0.350. The minimum absolute atomic E-state index is 0.0890. The molecule has 0 saturated carbocycles. The van der Waals surface area contributed by atoms with Gasteiger partial charge in [0.2, 0.25) is 0 Å². The normalized spacial score (nSPS) is 13.5. The van der Waals surface area contributed by atoms with Gasteiger partial charge < -0.3 is 4.90 Å². The molecule has 1 heterocycles. The number of anilines is 1. The van der Waals surface area contributed by atoms with E-state index in [4.69, 9.17) is 0 Å². The predicted octanol–water partition coefficient (Wildman–Crippen LogP) is 3.31. The first-order valence-corrected chi connectivity index (χ1v) is 10.4. The number of rotatable bonds is 6. The Morgan fingerprint density at radius 1 is 1.12 bits per heavy atom. The monoisotopic (exact) mass is 372 g/mol. The van der Waals surface area contributed by atoms with E-state index in [2.05, 4.69) is 6.92 Å². The van der Waals surface area contributed by atoms with Crippen molar-refractivity contribution in [3.63, 3.8) is 0 Å². The van der Waals surface area contributed by atoms with Crippen LogP contribution in [0.1, 0.15) is 35.7 Å². The summed E-state index contributed by atoms with van der Waals surface area (Å²) in [6.45, 7) is 3.22. The molecule has 3 rings (SSSR count). The van der Waals surface area contributed by atoms with Crippen LogP contribution < -0.4 is 4.31 Å². The van der Waals surface area contributed by atoms with E-state index in [9.17, 15) is 13.2 Å². The van der Waals surface area contributed by atoms with Crippen molar-refractivity contribution in [2.24, 2.45) is 0 Å². The molecule has 0 atom stereocenters. The van der Waals surface area contributed by atoms with Gasteiger partial charge in [-0.25, -0.2) is 8.42 Å². The summed E-state index contributed by atoms with van der Waals surface area (Å²) in [5, 5.41) is 0. The van der Waals surface area contributed by atoms with Crippen molar-refractivity contribution in [3.05, 3.63) is 59.7 Å². The summed E-state index contributed by atoms with van der Waals surface area (Å²) in [5.41, 5.74) is 2.29. The number of carbonyl (C=O) groups excluding carboxylic acids is 1. The van der Waals surface area contributed by atoms with Gasteiger partial charge in [0.15, 0.2) is 0 Å². The van der Waals surface area contributed by atoms with Gasteiger partial charge in [-0.2, -0.15) is 0 Å². The average Bonchev–Trinajstić information content (AvgIpc) is 3.10. The highest BCUT2D eigenvalue weighted by molar-refractivity contribution is 7.92. The summed E-state index contributed by atoms with van der Waals surface area (Å²) in [4.78, 5) is 14.3. The molecule has 2 aromatic carbocycles. The molecule has 0 unspecified atom stereocenters. The van der Waals surface area contributed by atoms with Crippen LogP contribution in [0.5, 0.6) is 0 Å². The molecule has 0 radical (unpaired) electrons. The molecule has 6 heteroatoms. The van der Waals surface area contributed by atoms with E-state index in [0.29, 0.717) is 25.1 Å². The van der Waals surface area contributed by atoms with E-state index in [1.807, 2.05) is 24.3 Å². The van der Waals surface area contributed by atoms with Crippen LogP contribution >= 0.6 is 0 Å². The standard InChI is InChI=1S/C20H24N2O3S/c1-3-4-14-21(2)20(23)17-9-11-18(12-10-17)26(24,25)22-15-13-16-7-5-6-8-19(16)22/h5-12H,3-4,13-15H2,1-2H3. The third kappa shape index (κ3) is 3.46. The van der Waals surface area contributed by atoms with E-state index in [1.165, 1.54) is 16.4 Å². The number of carbonyl (C=O) groups is 1. The Morgan fingerprint density at radius 2 is 1.81 bits per heavy atom. The molecule has 26 heavy (non-hydrogen) atoms. The first-order chi connectivity index (χ1) is 12.4. The fourth-order valence-electron chi connectivity index (χ4n) is 3.17. The zero-order valence-electron chi connectivity index (χ0n) is 15.2. The summed E-state index contributed by atoms with van der Waals surface area (Å²) >= 11 is 0. The maximum absolute atomic E-state index is 13.0. The molecule has 138 valence electrons. The van der Waals surface area contributed by atoms with Crippen molar-refractivity contribution in [2.75, 3.05) is 24.4 Å². The van der Waals surface area contributed by atoms with E-state index in [-0.39, 0.29) is 10.8 Å². The number of unbranched alkanes of at least 4 members (excludes halogenated alkanes) is 1. The maximum atomic E-state index is 13.0. The van der Waals surface area contributed by atoms with Crippen molar-refractivity contribution in [1.29, 1.82) is 0 Å². The van der Waals surface area contributed by atoms with Crippen LogP contribution in [0.3, 0.4) is 0 Å². The first kappa shape index (κ1) is 18.5. The molecule has 0 bridgehead atoms. The van der Waals surface area contributed by atoms with Crippen LogP contribution in [0.25, 0.3) is 0 Å². The molecule has 1 aliphatic rings. The van der Waals surface area contributed by atoms with Gasteiger partial charge in [0, 0.05) is 25.7 Å². The summed E-state index contributed by atoms with van der Waals surface area (Å²) < 4.78 is 27.4. The van der Waals surface area contributed by atoms with Gasteiger partial charge in [-0.1, -0.05) is 31.5 Å². The Kier molecular flexibility index (Phi) is 5.32. The van der Waals surface area contributed by atoms with Crippen molar-refractivity contribution < 1.29 is 13.2 Å². The van der Waals surface area contributed by atoms with Gasteiger partial charge in [0.25, 0.3) is 15.9 Å². The molecule has 0 aromatic heterocycles. The third-order valence-corrected chi connectivity index (χ3v) is 6.56. The Labute approximate surface area is 155 Å². The minimum atomic E-state index is -3.62. The van der Waals surface area contributed by atoms with Crippen molar-refractivity contribution in [2.45, 2.75) is 31.1 Å². The smallest absolute Gasteiger partial charge is 0.264 e. The highest BCUT2D eigenvalue weighted by Gasteiger charge is 2.30. The Hall–Kier alpha value is -2.34. The van der Waals surface area contributed by atoms with Crippen LogP contribution in [0.15, 0.2) is 53.4 Å². The van der Waals surface area contributed by atoms with Crippen molar-refractivity contribution >= 4 is 21.6 Å². The van der Waals surface area contributed by atoms with E-state index >= 15 is 0 Å². The number of hydrogen-bond donors (Lipinski definition) is 0. The lowest BCUT2D eigenvalue weighted by Crippen LogP contribution is -2.29. The average molecular weight is 372 g/mol. The number of amides is 1. The molecule has 0 saturated heterocycles. The molecule has 0 fully saturated rings. The zero-order valence-corrected chi connectivity index (χ0v) is 16.0. The maximum Gasteiger partial charge on any atom is 0.264 e. The van der Waals surface area contributed by atoms with Crippen molar-refractivity contribution in [3.8, 4) is 0 Å². The number of hydrogen-bond acceptors (Lipinski definition) is 3. The number of nitrogens with zero attached hydrogens (tertiary/aromatic N) is 2. The van der Waals surface area contributed by atoms with Crippen LogP contribution in [-0.2, 0) is 16.4 Å². The molecular formula is C20H24N2O3S. The largest absolute Gasteiger partial charge is 0.342 e. The SMILES string of the molecule is CCCCN(C)C(=O)c1ccc(S(=O)(=O)N2CCc3ccccc32)cc1. The molecule has 5 nitrogen and oxygen atoms in total. The molecule has 0 spiro atoms. The van der Waals surface area contributed by atoms with E-state index < -0.39 is 10.0 Å². The zero-order chi connectivity index (χ0) is 18.7. The number of para-hydroxylation sites is 1. The highest BCUT2D eigenvalue weighted by Crippen LogP contribution is 2.32. The Morgan fingerprint density at radius 3 is 2.50 bits per heavy atom. The summed E-state index contributed by atoms with van der Waals surface area (Å²) in [6, 6.07) is 13.8. The lowest BCUT2D eigenvalue weighted by molar-refractivity contribution is 0.0793. The van der Waals surface area contributed by atoms with Gasteiger partial charge in [-0.3, -0.25) is 9.10 Å². The summed E-state index contributed by atoms with van der Waals surface area (Å²) in [6.07, 6.45) is 2.68. The third-order valence-electron chi connectivity index (χ3n) is 4.73. The van der Waals surface area contributed by atoms with Gasteiger partial charge in [-0.05, 0) is 48.7 Å². The van der Waals surface area contributed by atoms with E-state index in [1.54, 1.807) is 24.1 Å². The second-order valence-electron chi connectivity index (χ2n) is 6.56. The first-order valence-electron chi connectivity index (χ1n) is 8.91. The van der Waals surface area contributed by atoms with Gasteiger partial charge in [0.1, 0.15) is 0 Å². The predicted molar refractivity (Wildman–Crippen MR) is 103 cm³/mol. The van der Waals surface area contributed by atoms with Crippen LogP contribution in [-0.4, -0.2) is 39.4 Å². The van der Waals surface area contributed by atoms with Crippen LogP contribution in [0.4, 0.5) is 5.69 Å². The number of benzene rings is 2. The molecule has 2 aromatic rings. The summed E-state index contributed by atoms with van der Waals surface area (Å²) in [7, 11) is -1.85. The van der Waals surface area contributed by atoms with Crippen LogP contribution in [0.2, 0.25) is 0 Å². The molecule has 0 N–H and O–H groups in total. The molecule has 1 aliphatic heterocycles. The molecular weight excluding hydrogens is 348 g/mol. The summed E-state index contributed by atoms with van der Waals surface area (Å²) in [5.74, 6) is -0.0890. The second-order valence-corrected chi connectivity index (χ2v) is 8.42. The lowest BCUT2D eigenvalue weighted by atomic mass is 10.2. The number of sulfonamides is 1. The van der Waals surface area contributed by atoms with Gasteiger partial charge in [0.05, 0.1) is 10.6 Å². The number of fused-ring (bicyclic) bond motifs is 1. The lowest BCUT2D eigenvalue weighted by Gasteiger charge is -2.20.